The van der Waals surface area contributed by atoms with E-state index in [2.05, 4.69) is 0 Å². The number of allylic oxidation sites excluding steroid dienone is 4. The van der Waals surface area contributed by atoms with Gasteiger partial charge in [0.15, 0.2) is 9.84 Å². The zero-order valence-electron chi connectivity index (χ0n) is 21.8. The fraction of sp³-hybridized carbons (Fsp3) is 0.241. The molecule has 0 fully saturated rings. The van der Waals surface area contributed by atoms with Crippen LogP contribution < -0.4 is 0 Å². The molecule has 0 radical (unpaired) electrons. The normalized spacial score (nSPS) is 21.2. The number of hydrogen-bond donors (Lipinski definition) is 0. The highest BCUT2D eigenvalue weighted by Crippen LogP contribution is 2.65. The molecule has 3 aromatic rings. The molecule has 2 heterocycles. The fourth-order valence-corrected chi connectivity index (χ4v) is 12.3. The Morgan fingerprint density at radius 3 is 1.77 bits per heavy atom. The minimum atomic E-state index is -5.80. The van der Waals surface area contributed by atoms with Crippen molar-refractivity contribution < 1.29 is 34.8 Å². The molecule has 0 saturated heterocycles. The minimum absolute atomic E-state index is 0.128. The Morgan fingerprint density at radius 2 is 1.25 bits per heavy atom. The van der Waals surface area contributed by atoms with Crippen LogP contribution in [0.5, 0.6) is 0 Å². The zero-order valence-corrected chi connectivity index (χ0v) is 24.5. The lowest BCUT2D eigenvalue weighted by Crippen LogP contribution is -2.49. The van der Waals surface area contributed by atoms with Gasteiger partial charge in [0.25, 0.3) is 0 Å². The first kappa shape index (κ1) is 28.6. The van der Waals surface area contributed by atoms with Crippen LogP contribution in [0.3, 0.4) is 0 Å². The maximum atomic E-state index is 15.7. The Labute approximate surface area is 233 Å². The largest absolute Gasteiger partial charge is 0.380 e. The van der Waals surface area contributed by atoms with Gasteiger partial charge in [0, 0.05) is 25.4 Å². The summed E-state index contributed by atoms with van der Waals surface area (Å²) in [6, 6.07) is 17.3. The van der Waals surface area contributed by atoms with Crippen LogP contribution in [0.2, 0.25) is 19.6 Å². The van der Waals surface area contributed by atoms with E-state index in [1.54, 1.807) is 56.0 Å². The van der Waals surface area contributed by atoms with Crippen molar-refractivity contribution in [1.82, 2.24) is 0 Å². The highest BCUT2D eigenvalue weighted by molar-refractivity contribution is 8.06. The van der Waals surface area contributed by atoms with Crippen LogP contribution in [0.25, 0.3) is 20.9 Å². The summed E-state index contributed by atoms with van der Waals surface area (Å²) in [6.07, 6.45) is 0.874. The topological polar surface area (TPSA) is 34.1 Å². The van der Waals surface area contributed by atoms with Gasteiger partial charge in [-0.15, -0.1) is 11.3 Å². The Kier molecular flexibility index (Phi) is 6.48. The average molecular weight is 611 g/mol. The second-order valence-electron chi connectivity index (χ2n) is 10.8. The fourth-order valence-electron chi connectivity index (χ4n) is 5.27. The third-order valence-electron chi connectivity index (χ3n) is 7.00. The summed E-state index contributed by atoms with van der Waals surface area (Å²) < 4.78 is 120. The van der Waals surface area contributed by atoms with Crippen LogP contribution in [0.15, 0.2) is 88.5 Å². The van der Waals surface area contributed by atoms with Gasteiger partial charge < -0.3 is 0 Å². The predicted octanol–water partition coefficient (Wildman–Crippen LogP) is 9.00. The van der Waals surface area contributed by atoms with Gasteiger partial charge in [0.2, 0.25) is 0 Å². The number of halogens is 6. The molecule has 0 spiro atoms. The van der Waals surface area contributed by atoms with Crippen molar-refractivity contribution in [2.24, 2.45) is 0 Å². The standard InChI is InChI=1S/C29H24F6O2S2Si/c1-17-20(15-22(38-17)18-11-7-5-8-12-18)24-25(28(32,33)29(34,35)27(24,30)31)21-16-23(19-13-9-6-10-14-19)39(36,37)26(21)40(2,3)4/h5-16H,1-4H3. The lowest BCUT2D eigenvalue weighted by atomic mass is 9.94. The highest BCUT2D eigenvalue weighted by Gasteiger charge is 2.81. The second-order valence-corrected chi connectivity index (χ2v) is 19.3. The van der Waals surface area contributed by atoms with Gasteiger partial charge >= 0.3 is 17.8 Å². The summed E-state index contributed by atoms with van der Waals surface area (Å²) in [5.41, 5.74) is -3.64. The molecule has 11 heteroatoms. The van der Waals surface area contributed by atoms with Crippen molar-refractivity contribution in [2.45, 2.75) is 44.3 Å². The van der Waals surface area contributed by atoms with Gasteiger partial charge in [-0.05, 0) is 41.3 Å². The van der Waals surface area contributed by atoms with E-state index in [-0.39, 0.29) is 15.3 Å². The smallest absolute Gasteiger partial charge is 0.219 e. The molecule has 2 aliphatic rings. The van der Waals surface area contributed by atoms with E-state index in [1.165, 1.54) is 37.3 Å². The monoisotopic (exact) mass is 610 g/mol. The Hall–Kier alpha value is -2.89. The lowest BCUT2D eigenvalue weighted by molar-refractivity contribution is -0.259. The van der Waals surface area contributed by atoms with Crippen molar-refractivity contribution in [3.8, 4) is 10.4 Å². The number of sulfone groups is 1. The molecule has 0 atom stereocenters. The highest BCUT2D eigenvalue weighted by atomic mass is 32.2. The van der Waals surface area contributed by atoms with Crippen LogP contribution in [0.1, 0.15) is 16.0 Å². The van der Waals surface area contributed by atoms with Gasteiger partial charge in [-0.2, -0.15) is 26.3 Å². The molecular formula is C29H24F6O2S2Si. The molecule has 1 aliphatic carbocycles. The summed E-state index contributed by atoms with van der Waals surface area (Å²) in [5, 5.41) is 0. The number of benzene rings is 2. The molecule has 2 aromatic carbocycles. The average Bonchev–Trinajstić information content (AvgIpc) is 3.41. The molecular weight excluding hydrogens is 587 g/mol. The van der Waals surface area contributed by atoms with Crippen molar-refractivity contribution in [3.05, 3.63) is 104 Å². The molecule has 210 valence electrons. The molecule has 5 rings (SSSR count). The predicted molar refractivity (Wildman–Crippen MR) is 150 cm³/mol. The number of alkyl halides is 6. The van der Waals surface area contributed by atoms with Crippen LogP contribution >= 0.6 is 11.3 Å². The van der Waals surface area contributed by atoms with Gasteiger partial charge in [0.05, 0.1) is 13.0 Å². The summed E-state index contributed by atoms with van der Waals surface area (Å²) >= 11 is 1.01. The number of rotatable bonds is 5. The first-order valence-electron chi connectivity index (χ1n) is 12.3. The Morgan fingerprint density at radius 1 is 0.750 bits per heavy atom. The molecule has 1 aliphatic heterocycles. The Bertz CT molecular complexity index is 1710. The summed E-state index contributed by atoms with van der Waals surface area (Å²) in [4.78, 5) is 0.171. The maximum Gasteiger partial charge on any atom is 0.380 e. The molecule has 0 bridgehead atoms. The summed E-state index contributed by atoms with van der Waals surface area (Å²) in [6.45, 7) is 6.05. The minimum Gasteiger partial charge on any atom is -0.219 e. The molecule has 0 unspecified atom stereocenters. The van der Waals surface area contributed by atoms with Gasteiger partial charge in [-0.1, -0.05) is 80.3 Å². The SMILES string of the molecule is Cc1sc(-c2ccccc2)cc1C1=C(C2=C([Si](C)(C)C)S(=O)(=O)C(c3ccccc3)=C2)C(F)(F)C(F)(F)C1(F)F. The van der Waals surface area contributed by atoms with Crippen molar-refractivity contribution in [1.29, 1.82) is 0 Å². The van der Waals surface area contributed by atoms with Crippen molar-refractivity contribution in [2.75, 3.05) is 0 Å². The number of aryl methyl sites for hydroxylation is 1. The quantitative estimate of drug-likeness (QED) is 0.213. The van der Waals surface area contributed by atoms with E-state index in [9.17, 15) is 8.42 Å². The van der Waals surface area contributed by atoms with E-state index in [4.69, 9.17) is 0 Å². The van der Waals surface area contributed by atoms with Crippen LogP contribution in [0.4, 0.5) is 26.3 Å². The van der Waals surface area contributed by atoms with Crippen LogP contribution in [0, 0.1) is 6.92 Å². The van der Waals surface area contributed by atoms with E-state index < -0.39 is 62.5 Å². The molecule has 40 heavy (non-hydrogen) atoms. The van der Waals surface area contributed by atoms with Crippen molar-refractivity contribution >= 4 is 39.7 Å². The lowest BCUT2D eigenvalue weighted by Gasteiger charge is -2.26. The Balaban J connectivity index is 1.91. The third-order valence-corrected chi connectivity index (χ3v) is 14.1. The maximum absolute atomic E-state index is 15.7. The van der Waals surface area contributed by atoms with E-state index in [0.717, 1.165) is 17.4 Å². The molecule has 0 saturated carbocycles. The molecule has 2 nitrogen and oxygen atoms in total. The van der Waals surface area contributed by atoms with E-state index in [1.807, 2.05) is 0 Å². The number of thiophene rings is 1. The molecule has 0 amide bonds. The van der Waals surface area contributed by atoms with Crippen molar-refractivity contribution in [3.63, 3.8) is 0 Å². The van der Waals surface area contributed by atoms with E-state index >= 15 is 26.3 Å². The first-order chi connectivity index (χ1) is 18.4. The van der Waals surface area contributed by atoms with E-state index in [0.29, 0.717) is 10.4 Å². The van der Waals surface area contributed by atoms with Crippen LogP contribution in [-0.4, -0.2) is 34.3 Å². The van der Waals surface area contributed by atoms with Gasteiger partial charge in [0.1, 0.15) is 0 Å². The summed E-state index contributed by atoms with van der Waals surface area (Å²) in [7, 11) is -7.58. The molecule has 0 N–H and O–H groups in total. The van der Waals surface area contributed by atoms with Gasteiger partial charge in [-0.3, -0.25) is 0 Å². The first-order valence-corrected chi connectivity index (χ1v) is 18.1. The summed E-state index contributed by atoms with van der Waals surface area (Å²) in [5.74, 6) is -16.4. The molecule has 1 aromatic heterocycles. The van der Waals surface area contributed by atoms with Crippen LogP contribution in [-0.2, 0) is 9.84 Å². The van der Waals surface area contributed by atoms with Gasteiger partial charge in [-0.25, -0.2) is 8.42 Å². The number of hydrogen-bond acceptors (Lipinski definition) is 3. The second kappa shape index (κ2) is 9.05. The zero-order chi connectivity index (χ0) is 29.5. The third kappa shape index (κ3) is 3.99.